The van der Waals surface area contributed by atoms with E-state index in [1.54, 1.807) is 0 Å². The summed E-state index contributed by atoms with van der Waals surface area (Å²) in [6.07, 6.45) is 0. The summed E-state index contributed by atoms with van der Waals surface area (Å²) in [5, 5.41) is 3.50. The first-order valence-corrected chi connectivity index (χ1v) is 7.23. The Kier molecular flexibility index (Phi) is 4.71. The van der Waals surface area contributed by atoms with Crippen molar-refractivity contribution in [3.8, 4) is 0 Å². The Balaban J connectivity index is 1.80. The molecule has 2 heteroatoms. The summed E-state index contributed by atoms with van der Waals surface area (Å²) in [5.41, 5.74) is 3.87. The van der Waals surface area contributed by atoms with Gasteiger partial charge >= 0.3 is 0 Å². The van der Waals surface area contributed by atoms with Gasteiger partial charge in [-0.25, -0.2) is 0 Å². The highest BCUT2D eigenvalue weighted by molar-refractivity contribution is 7.99. The normalized spacial score (nSPS) is 10.3. The van der Waals surface area contributed by atoms with E-state index in [9.17, 15) is 0 Å². The predicted molar refractivity (Wildman–Crippen MR) is 81.6 cm³/mol. The van der Waals surface area contributed by atoms with Crippen LogP contribution in [0.5, 0.6) is 0 Å². The van der Waals surface area contributed by atoms with Crippen molar-refractivity contribution in [2.24, 2.45) is 0 Å². The molecule has 94 valence electrons. The topological polar surface area (TPSA) is 12.0 Å². The highest BCUT2D eigenvalue weighted by Crippen LogP contribution is 2.19. The Morgan fingerprint density at radius 2 is 1.78 bits per heavy atom. The van der Waals surface area contributed by atoms with Gasteiger partial charge in [-0.15, -0.1) is 11.8 Å². The molecule has 0 amide bonds. The van der Waals surface area contributed by atoms with E-state index >= 15 is 0 Å². The number of thioether (sulfide) groups is 1. The minimum atomic E-state index is 0.990. The van der Waals surface area contributed by atoms with Gasteiger partial charge in [-0.1, -0.05) is 30.3 Å². The Hall–Kier alpha value is -1.41. The van der Waals surface area contributed by atoms with Crippen molar-refractivity contribution < 1.29 is 0 Å². The van der Waals surface area contributed by atoms with Crippen LogP contribution < -0.4 is 5.32 Å². The second-order valence-electron chi connectivity index (χ2n) is 4.41. The van der Waals surface area contributed by atoms with Gasteiger partial charge in [-0.3, -0.25) is 0 Å². The minimum Gasteiger partial charge on any atom is -0.384 e. The molecule has 2 aromatic carbocycles. The van der Waals surface area contributed by atoms with E-state index in [0.717, 1.165) is 12.3 Å². The highest BCUT2D eigenvalue weighted by Gasteiger charge is 1.98. The maximum absolute atomic E-state index is 3.50. The molecule has 0 unspecified atom stereocenters. The van der Waals surface area contributed by atoms with Gasteiger partial charge in [0.2, 0.25) is 0 Å². The van der Waals surface area contributed by atoms with Gasteiger partial charge in [-0.05, 0) is 43.2 Å². The number of hydrogen-bond acceptors (Lipinski definition) is 2. The number of benzene rings is 2. The largest absolute Gasteiger partial charge is 0.384 e. The molecule has 0 saturated carbocycles. The molecule has 18 heavy (non-hydrogen) atoms. The van der Waals surface area contributed by atoms with Gasteiger partial charge in [0.05, 0.1) is 0 Å². The van der Waals surface area contributed by atoms with Crippen LogP contribution in [0.1, 0.15) is 11.1 Å². The fourth-order valence-corrected chi connectivity index (χ4v) is 2.59. The van der Waals surface area contributed by atoms with Crippen LogP contribution in [0.2, 0.25) is 0 Å². The van der Waals surface area contributed by atoms with Gasteiger partial charge in [0.1, 0.15) is 0 Å². The second kappa shape index (κ2) is 6.50. The van der Waals surface area contributed by atoms with E-state index in [1.165, 1.54) is 21.7 Å². The molecule has 0 atom stereocenters. The molecule has 2 rings (SSSR count). The lowest BCUT2D eigenvalue weighted by Crippen LogP contribution is -2.05. The van der Waals surface area contributed by atoms with Gasteiger partial charge in [0.25, 0.3) is 0 Å². The van der Waals surface area contributed by atoms with E-state index < -0.39 is 0 Å². The maximum Gasteiger partial charge on any atom is 0.0372 e. The Morgan fingerprint density at radius 3 is 2.56 bits per heavy atom. The van der Waals surface area contributed by atoms with Crippen molar-refractivity contribution in [2.75, 3.05) is 17.6 Å². The molecule has 0 spiro atoms. The molecular formula is C16H19NS. The molecule has 0 heterocycles. The van der Waals surface area contributed by atoms with Crippen molar-refractivity contribution in [1.82, 2.24) is 0 Å². The van der Waals surface area contributed by atoms with Gasteiger partial charge in [-0.2, -0.15) is 0 Å². The van der Waals surface area contributed by atoms with Crippen LogP contribution >= 0.6 is 11.8 Å². The molecule has 0 aliphatic carbocycles. The molecule has 1 nitrogen and oxygen atoms in total. The number of hydrogen-bond donors (Lipinski definition) is 1. The molecule has 2 aromatic rings. The molecule has 0 fully saturated rings. The van der Waals surface area contributed by atoms with Crippen molar-refractivity contribution in [3.05, 3.63) is 59.7 Å². The van der Waals surface area contributed by atoms with Gasteiger partial charge in [0, 0.05) is 22.9 Å². The Labute approximate surface area is 114 Å². The Morgan fingerprint density at radius 1 is 1.00 bits per heavy atom. The van der Waals surface area contributed by atoms with Gasteiger partial charge < -0.3 is 5.32 Å². The third-order valence-corrected chi connectivity index (χ3v) is 3.84. The lowest BCUT2D eigenvalue weighted by Gasteiger charge is -2.10. The summed E-state index contributed by atoms with van der Waals surface area (Å²) < 4.78 is 0. The first-order chi connectivity index (χ1) is 8.75. The molecule has 0 radical (unpaired) electrons. The SMILES string of the molecule is Cc1ccc(C)c(NCCSc2ccccc2)c1. The molecule has 0 aromatic heterocycles. The molecule has 0 aliphatic heterocycles. The molecule has 0 bridgehead atoms. The average Bonchev–Trinajstić information content (AvgIpc) is 2.40. The first-order valence-electron chi connectivity index (χ1n) is 6.25. The zero-order valence-electron chi connectivity index (χ0n) is 10.9. The van der Waals surface area contributed by atoms with Crippen molar-refractivity contribution >= 4 is 17.4 Å². The summed E-state index contributed by atoms with van der Waals surface area (Å²) in [5.74, 6) is 1.08. The van der Waals surface area contributed by atoms with Crippen LogP contribution in [-0.4, -0.2) is 12.3 Å². The second-order valence-corrected chi connectivity index (χ2v) is 5.57. The fraction of sp³-hybridized carbons (Fsp3) is 0.250. The third-order valence-electron chi connectivity index (χ3n) is 2.82. The molecule has 0 aliphatic rings. The van der Waals surface area contributed by atoms with E-state index in [-0.39, 0.29) is 0 Å². The van der Waals surface area contributed by atoms with Crippen molar-refractivity contribution in [2.45, 2.75) is 18.7 Å². The third kappa shape index (κ3) is 3.81. The summed E-state index contributed by atoms with van der Waals surface area (Å²) >= 11 is 1.89. The van der Waals surface area contributed by atoms with Crippen LogP contribution in [0, 0.1) is 13.8 Å². The van der Waals surface area contributed by atoms with Crippen LogP contribution in [0.3, 0.4) is 0 Å². The smallest absolute Gasteiger partial charge is 0.0372 e. The lowest BCUT2D eigenvalue weighted by atomic mass is 10.1. The standard InChI is InChI=1S/C16H19NS/c1-13-8-9-14(2)16(12-13)17-10-11-18-15-6-4-3-5-7-15/h3-9,12,17H,10-11H2,1-2H3. The van der Waals surface area contributed by atoms with Crippen molar-refractivity contribution in [1.29, 1.82) is 0 Å². The maximum atomic E-state index is 3.50. The van der Waals surface area contributed by atoms with E-state index in [2.05, 4.69) is 67.7 Å². The fourth-order valence-electron chi connectivity index (χ4n) is 1.80. The van der Waals surface area contributed by atoms with Gasteiger partial charge in [0.15, 0.2) is 0 Å². The predicted octanol–water partition coefficient (Wildman–Crippen LogP) is 4.51. The molecule has 1 N–H and O–H groups in total. The van der Waals surface area contributed by atoms with Crippen molar-refractivity contribution in [3.63, 3.8) is 0 Å². The van der Waals surface area contributed by atoms with Crippen LogP contribution in [0.4, 0.5) is 5.69 Å². The summed E-state index contributed by atoms with van der Waals surface area (Å²) in [6.45, 7) is 5.26. The lowest BCUT2D eigenvalue weighted by molar-refractivity contribution is 1.20. The number of rotatable bonds is 5. The average molecular weight is 257 g/mol. The number of anilines is 1. The monoisotopic (exact) mass is 257 g/mol. The van der Waals surface area contributed by atoms with E-state index in [1.807, 2.05) is 11.8 Å². The summed E-state index contributed by atoms with van der Waals surface area (Å²) in [4.78, 5) is 1.33. The van der Waals surface area contributed by atoms with Crippen LogP contribution in [-0.2, 0) is 0 Å². The Bertz CT molecular complexity index is 494. The highest BCUT2D eigenvalue weighted by atomic mass is 32.2. The first kappa shape index (κ1) is 13.0. The molecule has 0 saturated heterocycles. The van der Waals surface area contributed by atoms with Crippen LogP contribution in [0.25, 0.3) is 0 Å². The van der Waals surface area contributed by atoms with E-state index in [0.29, 0.717) is 0 Å². The number of aryl methyl sites for hydroxylation is 2. The van der Waals surface area contributed by atoms with E-state index in [4.69, 9.17) is 0 Å². The summed E-state index contributed by atoms with van der Waals surface area (Å²) in [6, 6.07) is 17.1. The number of nitrogens with one attached hydrogen (secondary N) is 1. The molecular weight excluding hydrogens is 238 g/mol. The quantitative estimate of drug-likeness (QED) is 0.625. The van der Waals surface area contributed by atoms with Crippen LogP contribution in [0.15, 0.2) is 53.4 Å². The summed E-state index contributed by atoms with van der Waals surface area (Å²) in [7, 11) is 0. The minimum absolute atomic E-state index is 0.990. The zero-order valence-corrected chi connectivity index (χ0v) is 11.8. The zero-order chi connectivity index (χ0) is 12.8.